The molecule has 9 nitrogen and oxygen atoms in total. The first-order valence-electron chi connectivity index (χ1n) is 5.54. The third kappa shape index (κ3) is 14.1. The molecule has 0 amide bonds. The lowest BCUT2D eigenvalue weighted by Crippen LogP contribution is -2.41. The van der Waals surface area contributed by atoms with E-state index in [1.807, 2.05) is 0 Å². The van der Waals surface area contributed by atoms with Gasteiger partial charge in [-0.25, -0.2) is 0 Å². The van der Waals surface area contributed by atoms with Crippen molar-refractivity contribution in [1.29, 1.82) is 0 Å². The molecule has 0 aromatic rings. The molecule has 0 fully saturated rings. The minimum absolute atomic E-state index is 0.0129. The number of guanidine groups is 1. The van der Waals surface area contributed by atoms with Gasteiger partial charge in [0.1, 0.15) is 11.6 Å². The number of carboxylic acid groups (broad SMARTS) is 2. The van der Waals surface area contributed by atoms with Crippen LogP contribution in [0.25, 0.3) is 0 Å². The van der Waals surface area contributed by atoms with Crippen LogP contribution in [0.5, 0.6) is 0 Å². The predicted octanol–water partition coefficient (Wildman–Crippen LogP) is -1.74. The SMILES string of the molecule is CC(C)(N)C(=O)O.NC(N)=NCCCC(N)C(=O)O. The number of carbonyl (C=O) groups is 2. The molecule has 19 heavy (non-hydrogen) atoms. The van der Waals surface area contributed by atoms with Gasteiger partial charge in [-0.1, -0.05) is 0 Å². The van der Waals surface area contributed by atoms with Crippen LogP contribution in [0, 0.1) is 0 Å². The molecule has 10 N–H and O–H groups in total. The Morgan fingerprint density at radius 1 is 1.26 bits per heavy atom. The molecule has 1 atom stereocenters. The summed E-state index contributed by atoms with van der Waals surface area (Å²) >= 11 is 0. The first kappa shape index (κ1) is 19.5. The summed E-state index contributed by atoms with van der Waals surface area (Å²) in [5.41, 5.74) is 19.3. The average Bonchev–Trinajstić information content (AvgIpc) is 2.23. The number of hydrogen-bond acceptors (Lipinski definition) is 5. The van der Waals surface area contributed by atoms with Gasteiger partial charge in [-0.2, -0.15) is 0 Å². The topological polar surface area (TPSA) is 191 Å². The summed E-state index contributed by atoms with van der Waals surface area (Å²) in [4.78, 5) is 23.8. The Hall–Kier alpha value is -1.87. The van der Waals surface area contributed by atoms with Crippen molar-refractivity contribution in [1.82, 2.24) is 0 Å². The Bertz CT molecular complexity index is 320. The zero-order chi connectivity index (χ0) is 15.6. The lowest BCUT2D eigenvalue weighted by Gasteiger charge is -2.09. The number of nitrogens with two attached hydrogens (primary N) is 4. The first-order chi connectivity index (χ1) is 8.48. The highest BCUT2D eigenvalue weighted by atomic mass is 16.4. The van der Waals surface area contributed by atoms with Crippen LogP contribution in [0.2, 0.25) is 0 Å². The number of carboxylic acids is 2. The third-order valence-electron chi connectivity index (χ3n) is 1.84. The Morgan fingerprint density at radius 2 is 1.68 bits per heavy atom. The summed E-state index contributed by atoms with van der Waals surface area (Å²) in [7, 11) is 0. The van der Waals surface area contributed by atoms with E-state index in [9.17, 15) is 9.59 Å². The fourth-order valence-corrected chi connectivity index (χ4v) is 0.643. The fraction of sp³-hybridized carbons (Fsp3) is 0.700. The average molecular weight is 277 g/mol. The lowest BCUT2D eigenvalue weighted by molar-refractivity contribution is -0.142. The van der Waals surface area contributed by atoms with Gasteiger partial charge in [0.2, 0.25) is 0 Å². The Kier molecular flexibility index (Phi) is 9.34. The van der Waals surface area contributed by atoms with E-state index < -0.39 is 23.5 Å². The molecule has 0 aromatic carbocycles. The summed E-state index contributed by atoms with van der Waals surface area (Å²) in [6, 6.07) is -0.820. The summed E-state index contributed by atoms with van der Waals surface area (Å²) in [6.07, 6.45) is 0.956. The Balaban J connectivity index is 0. The standard InChI is InChI=1S/C6H14N4O2.C4H9NO2/c7-4(5(11)12)2-1-3-10-6(8)9;1-4(2,5)3(6)7/h4H,1-3,7H2,(H,11,12)(H4,8,9,10);5H2,1-2H3,(H,6,7). The largest absolute Gasteiger partial charge is 0.480 e. The van der Waals surface area contributed by atoms with E-state index in [2.05, 4.69) is 4.99 Å². The Morgan fingerprint density at radius 3 is 1.95 bits per heavy atom. The van der Waals surface area contributed by atoms with Crippen molar-refractivity contribution in [2.24, 2.45) is 27.9 Å². The maximum atomic E-state index is 10.2. The van der Waals surface area contributed by atoms with Gasteiger partial charge in [0, 0.05) is 6.54 Å². The molecule has 0 bridgehead atoms. The molecule has 9 heteroatoms. The van der Waals surface area contributed by atoms with E-state index in [4.69, 9.17) is 33.1 Å². The zero-order valence-corrected chi connectivity index (χ0v) is 11.2. The summed E-state index contributed by atoms with van der Waals surface area (Å²) in [6.45, 7) is 3.30. The fourth-order valence-electron chi connectivity index (χ4n) is 0.643. The zero-order valence-electron chi connectivity index (χ0n) is 11.2. The summed E-state index contributed by atoms with van der Waals surface area (Å²) in [5.74, 6) is -1.97. The van der Waals surface area contributed by atoms with Crippen molar-refractivity contribution in [3.05, 3.63) is 0 Å². The van der Waals surface area contributed by atoms with Crippen molar-refractivity contribution >= 4 is 17.9 Å². The first-order valence-corrected chi connectivity index (χ1v) is 5.54. The van der Waals surface area contributed by atoms with E-state index in [0.29, 0.717) is 19.4 Å². The molecule has 0 aliphatic heterocycles. The lowest BCUT2D eigenvalue weighted by atomic mass is 10.1. The van der Waals surface area contributed by atoms with Crippen LogP contribution in [-0.4, -0.2) is 46.2 Å². The minimum atomic E-state index is -1.08. The van der Waals surface area contributed by atoms with Gasteiger partial charge < -0.3 is 33.1 Å². The number of aliphatic imine (C=N–C) groups is 1. The Labute approximate surface area is 111 Å². The highest BCUT2D eigenvalue weighted by Gasteiger charge is 2.19. The number of hydrogen-bond donors (Lipinski definition) is 6. The van der Waals surface area contributed by atoms with Gasteiger partial charge >= 0.3 is 11.9 Å². The van der Waals surface area contributed by atoms with E-state index >= 15 is 0 Å². The summed E-state index contributed by atoms with van der Waals surface area (Å²) < 4.78 is 0. The van der Waals surface area contributed by atoms with Gasteiger partial charge in [-0.15, -0.1) is 0 Å². The van der Waals surface area contributed by atoms with Crippen molar-refractivity contribution in [2.75, 3.05) is 6.54 Å². The molecule has 0 heterocycles. The molecule has 0 aliphatic carbocycles. The third-order valence-corrected chi connectivity index (χ3v) is 1.84. The van der Waals surface area contributed by atoms with Crippen LogP contribution < -0.4 is 22.9 Å². The van der Waals surface area contributed by atoms with Crippen LogP contribution in [0.1, 0.15) is 26.7 Å². The number of nitrogens with zero attached hydrogens (tertiary/aromatic N) is 1. The second-order valence-corrected chi connectivity index (χ2v) is 4.42. The normalized spacial score (nSPS) is 11.8. The van der Waals surface area contributed by atoms with E-state index in [0.717, 1.165) is 0 Å². The van der Waals surface area contributed by atoms with Gasteiger partial charge in [0.15, 0.2) is 5.96 Å². The van der Waals surface area contributed by atoms with Crippen molar-refractivity contribution < 1.29 is 19.8 Å². The van der Waals surface area contributed by atoms with Crippen LogP contribution in [0.3, 0.4) is 0 Å². The van der Waals surface area contributed by atoms with E-state index in [1.54, 1.807) is 0 Å². The molecule has 0 radical (unpaired) electrons. The highest BCUT2D eigenvalue weighted by molar-refractivity contribution is 5.77. The monoisotopic (exact) mass is 277 g/mol. The maximum Gasteiger partial charge on any atom is 0.323 e. The molecular weight excluding hydrogens is 254 g/mol. The summed E-state index contributed by atoms with van der Waals surface area (Å²) in [5, 5.41) is 16.5. The van der Waals surface area contributed by atoms with Crippen LogP contribution in [-0.2, 0) is 9.59 Å². The molecule has 0 saturated carbocycles. The van der Waals surface area contributed by atoms with Crippen molar-refractivity contribution in [2.45, 2.75) is 38.3 Å². The maximum absolute atomic E-state index is 10.2. The van der Waals surface area contributed by atoms with Gasteiger partial charge in [0.05, 0.1) is 0 Å². The van der Waals surface area contributed by atoms with E-state index in [-0.39, 0.29) is 5.96 Å². The second kappa shape index (κ2) is 9.11. The molecule has 0 aliphatic rings. The van der Waals surface area contributed by atoms with Crippen LogP contribution in [0.15, 0.2) is 4.99 Å². The van der Waals surface area contributed by atoms with Crippen LogP contribution in [0.4, 0.5) is 0 Å². The highest BCUT2D eigenvalue weighted by Crippen LogP contribution is 1.94. The predicted molar refractivity (Wildman–Crippen MR) is 71.4 cm³/mol. The smallest absolute Gasteiger partial charge is 0.323 e. The molecule has 0 spiro atoms. The van der Waals surface area contributed by atoms with Gasteiger partial charge in [-0.3, -0.25) is 14.6 Å². The molecular formula is C10H23N5O4. The molecule has 0 aromatic heterocycles. The molecule has 0 rings (SSSR count). The van der Waals surface area contributed by atoms with Crippen molar-refractivity contribution in [3.63, 3.8) is 0 Å². The quantitative estimate of drug-likeness (QED) is 0.187. The molecule has 0 saturated heterocycles. The minimum Gasteiger partial charge on any atom is -0.480 e. The number of rotatable bonds is 6. The van der Waals surface area contributed by atoms with Crippen LogP contribution >= 0.6 is 0 Å². The molecule has 1 unspecified atom stereocenters. The van der Waals surface area contributed by atoms with Crippen molar-refractivity contribution in [3.8, 4) is 0 Å². The number of aliphatic carboxylic acids is 2. The molecule has 112 valence electrons. The van der Waals surface area contributed by atoms with Gasteiger partial charge in [-0.05, 0) is 26.7 Å². The second-order valence-electron chi connectivity index (χ2n) is 4.42. The van der Waals surface area contributed by atoms with Gasteiger partial charge in [0.25, 0.3) is 0 Å². The van der Waals surface area contributed by atoms with E-state index in [1.165, 1.54) is 13.8 Å².